The second kappa shape index (κ2) is 3.71. The van der Waals surface area contributed by atoms with Gasteiger partial charge in [-0.15, -0.1) is 0 Å². The Labute approximate surface area is 51.8 Å². The minimum absolute atomic E-state index is 0.0556. The zero-order chi connectivity index (χ0) is 7.33. The molecule has 0 aromatic rings. The Hall–Kier alpha value is -0.250. The number of methoxy groups -OCH3 is 1. The molecule has 0 bridgehead atoms. The van der Waals surface area contributed by atoms with Crippen LogP contribution in [0.4, 0.5) is 13.2 Å². The third-order valence-electron chi connectivity index (χ3n) is 0.809. The number of alkyl halides is 3. The molecule has 1 nitrogen and oxygen atoms in total. The molecule has 4 heteroatoms. The van der Waals surface area contributed by atoms with Crippen molar-refractivity contribution in [2.45, 2.75) is 19.0 Å². The Kier molecular flexibility index (Phi) is 3.61. The lowest BCUT2D eigenvalue weighted by atomic mass is 10.3. The normalized spacial score (nSPS) is 12.0. The Morgan fingerprint density at radius 2 is 1.89 bits per heavy atom. The van der Waals surface area contributed by atoms with Gasteiger partial charge in [-0.05, 0) is 6.42 Å². The summed E-state index contributed by atoms with van der Waals surface area (Å²) in [6, 6.07) is 0. The second-order valence-corrected chi connectivity index (χ2v) is 1.71. The topological polar surface area (TPSA) is 9.23 Å². The molecule has 0 unspecified atom stereocenters. The van der Waals surface area contributed by atoms with Crippen molar-refractivity contribution in [1.29, 1.82) is 0 Å². The lowest BCUT2D eigenvalue weighted by molar-refractivity contribution is -0.137. The highest BCUT2D eigenvalue weighted by Gasteiger charge is 2.25. The predicted molar refractivity (Wildman–Crippen MR) is 27.2 cm³/mol. The Bertz CT molecular complexity index is 69.1. The van der Waals surface area contributed by atoms with E-state index in [1.165, 1.54) is 7.11 Å². The zero-order valence-corrected chi connectivity index (χ0v) is 5.16. The van der Waals surface area contributed by atoms with E-state index in [0.717, 1.165) is 0 Å². The highest BCUT2D eigenvalue weighted by atomic mass is 19.4. The van der Waals surface area contributed by atoms with Gasteiger partial charge in [0.05, 0.1) is 0 Å². The molecular formula is C5H9F3O. The van der Waals surface area contributed by atoms with Gasteiger partial charge in [0.2, 0.25) is 0 Å². The van der Waals surface area contributed by atoms with Crippen LogP contribution < -0.4 is 0 Å². The molecular weight excluding hydrogens is 133 g/mol. The molecule has 0 atom stereocenters. The molecule has 0 amide bonds. The SMILES string of the molecule is COCCCC(F)(F)F. The van der Waals surface area contributed by atoms with E-state index in [0.29, 0.717) is 0 Å². The van der Waals surface area contributed by atoms with E-state index in [4.69, 9.17) is 0 Å². The molecule has 0 heterocycles. The number of halogens is 3. The van der Waals surface area contributed by atoms with Crippen LogP contribution in [0.1, 0.15) is 12.8 Å². The van der Waals surface area contributed by atoms with E-state index in [9.17, 15) is 13.2 Å². The van der Waals surface area contributed by atoms with Crippen LogP contribution in [-0.2, 0) is 4.74 Å². The van der Waals surface area contributed by atoms with Crippen LogP contribution in [0.25, 0.3) is 0 Å². The first-order valence-corrected chi connectivity index (χ1v) is 2.62. The lowest BCUT2D eigenvalue weighted by Gasteiger charge is -2.03. The third-order valence-corrected chi connectivity index (χ3v) is 0.809. The maximum atomic E-state index is 11.3. The van der Waals surface area contributed by atoms with Crippen molar-refractivity contribution >= 4 is 0 Å². The largest absolute Gasteiger partial charge is 0.389 e. The minimum atomic E-state index is -4.03. The maximum Gasteiger partial charge on any atom is 0.389 e. The van der Waals surface area contributed by atoms with Crippen molar-refractivity contribution in [3.63, 3.8) is 0 Å². The van der Waals surface area contributed by atoms with Crippen LogP contribution in [-0.4, -0.2) is 19.9 Å². The van der Waals surface area contributed by atoms with Gasteiger partial charge in [0.25, 0.3) is 0 Å². The van der Waals surface area contributed by atoms with E-state index >= 15 is 0 Å². The molecule has 9 heavy (non-hydrogen) atoms. The quantitative estimate of drug-likeness (QED) is 0.547. The average Bonchev–Trinajstić information content (AvgIpc) is 1.63. The maximum absolute atomic E-state index is 11.3. The number of rotatable bonds is 3. The van der Waals surface area contributed by atoms with E-state index in [-0.39, 0.29) is 13.0 Å². The van der Waals surface area contributed by atoms with Crippen LogP contribution in [0, 0.1) is 0 Å². The van der Waals surface area contributed by atoms with E-state index < -0.39 is 12.6 Å². The highest BCUT2D eigenvalue weighted by Crippen LogP contribution is 2.20. The van der Waals surface area contributed by atoms with Gasteiger partial charge >= 0.3 is 6.18 Å². The zero-order valence-electron chi connectivity index (χ0n) is 5.16. The molecule has 0 rings (SSSR count). The van der Waals surface area contributed by atoms with Gasteiger partial charge in [-0.3, -0.25) is 0 Å². The fraction of sp³-hybridized carbons (Fsp3) is 1.00. The Morgan fingerprint density at radius 3 is 2.22 bits per heavy atom. The Balaban J connectivity index is 3.07. The van der Waals surface area contributed by atoms with E-state index in [1.54, 1.807) is 0 Å². The van der Waals surface area contributed by atoms with Crippen LogP contribution >= 0.6 is 0 Å². The van der Waals surface area contributed by atoms with Gasteiger partial charge in [-0.2, -0.15) is 13.2 Å². The van der Waals surface area contributed by atoms with Crippen molar-refractivity contribution < 1.29 is 17.9 Å². The van der Waals surface area contributed by atoms with Crippen LogP contribution in [0.5, 0.6) is 0 Å². The van der Waals surface area contributed by atoms with Crippen molar-refractivity contribution in [2.75, 3.05) is 13.7 Å². The molecule has 0 aliphatic carbocycles. The van der Waals surface area contributed by atoms with Crippen molar-refractivity contribution in [1.82, 2.24) is 0 Å². The molecule has 0 fully saturated rings. The fourth-order valence-corrected chi connectivity index (χ4v) is 0.417. The van der Waals surface area contributed by atoms with Crippen LogP contribution in [0.15, 0.2) is 0 Å². The van der Waals surface area contributed by atoms with Gasteiger partial charge < -0.3 is 4.74 Å². The summed E-state index contributed by atoms with van der Waals surface area (Å²) in [5, 5.41) is 0. The first-order valence-electron chi connectivity index (χ1n) is 2.62. The molecule has 56 valence electrons. The van der Waals surface area contributed by atoms with E-state index in [1.807, 2.05) is 0 Å². The average molecular weight is 142 g/mol. The van der Waals surface area contributed by atoms with Gasteiger partial charge in [0.15, 0.2) is 0 Å². The molecule has 0 aliphatic heterocycles. The molecule has 0 saturated carbocycles. The summed E-state index contributed by atoms with van der Waals surface area (Å²) in [6.07, 6.45) is -4.72. The van der Waals surface area contributed by atoms with Crippen LogP contribution in [0.2, 0.25) is 0 Å². The summed E-state index contributed by atoms with van der Waals surface area (Å²) in [6.45, 7) is 0.180. The predicted octanol–water partition coefficient (Wildman–Crippen LogP) is 1.98. The molecule has 0 aromatic carbocycles. The standard InChI is InChI=1S/C5H9F3O/c1-9-4-2-3-5(6,7)8/h2-4H2,1H3. The summed E-state index contributed by atoms with van der Waals surface area (Å²) in [5.41, 5.74) is 0. The van der Waals surface area contributed by atoms with Crippen molar-refractivity contribution in [2.24, 2.45) is 0 Å². The van der Waals surface area contributed by atoms with Crippen molar-refractivity contribution in [3.8, 4) is 0 Å². The minimum Gasteiger partial charge on any atom is -0.385 e. The van der Waals surface area contributed by atoms with Crippen LogP contribution in [0.3, 0.4) is 0 Å². The summed E-state index contributed by atoms with van der Waals surface area (Å²) in [5.74, 6) is 0. The summed E-state index contributed by atoms with van der Waals surface area (Å²) in [7, 11) is 1.39. The first kappa shape index (κ1) is 8.75. The molecule has 0 radical (unpaired) electrons. The second-order valence-electron chi connectivity index (χ2n) is 1.71. The number of hydrogen-bond acceptors (Lipinski definition) is 1. The lowest BCUT2D eigenvalue weighted by Crippen LogP contribution is -2.07. The Morgan fingerprint density at radius 1 is 1.33 bits per heavy atom. The number of hydrogen-bond donors (Lipinski definition) is 0. The monoisotopic (exact) mass is 142 g/mol. The van der Waals surface area contributed by atoms with Gasteiger partial charge in [-0.1, -0.05) is 0 Å². The van der Waals surface area contributed by atoms with Gasteiger partial charge in [0.1, 0.15) is 0 Å². The van der Waals surface area contributed by atoms with Gasteiger partial charge in [0, 0.05) is 20.1 Å². The molecule has 0 aliphatic rings. The summed E-state index contributed by atoms with van der Waals surface area (Å²) in [4.78, 5) is 0. The van der Waals surface area contributed by atoms with E-state index in [2.05, 4.69) is 4.74 Å². The summed E-state index contributed by atoms with van der Waals surface area (Å²) < 4.78 is 38.4. The number of ether oxygens (including phenoxy) is 1. The molecule has 0 saturated heterocycles. The van der Waals surface area contributed by atoms with Gasteiger partial charge in [-0.25, -0.2) is 0 Å². The van der Waals surface area contributed by atoms with Crippen molar-refractivity contribution in [3.05, 3.63) is 0 Å². The molecule has 0 aromatic heterocycles. The fourth-order valence-electron chi connectivity index (χ4n) is 0.417. The molecule has 0 N–H and O–H groups in total. The smallest absolute Gasteiger partial charge is 0.385 e. The highest BCUT2D eigenvalue weighted by molar-refractivity contribution is 4.48. The first-order chi connectivity index (χ1) is 4.06. The third kappa shape index (κ3) is 7.75. The summed E-state index contributed by atoms with van der Waals surface area (Å²) >= 11 is 0. The molecule has 0 spiro atoms.